The second-order valence-electron chi connectivity index (χ2n) is 5.42. The summed E-state index contributed by atoms with van der Waals surface area (Å²) in [5.41, 5.74) is 1.07. The van der Waals surface area contributed by atoms with Crippen LogP contribution in [-0.4, -0.2) is 52.7 Å². The fourth-order valence-electron chi connectivity index (χ4n) is 1.92. The van der Waals surface area contributed by atoms with E-state index in [0.717, 1.165) is 12.1 Å². The number of guanidine groups is 1. The van der Waals surface area contributed by atoms with E-state index in [1.54, 1.807) is 0 Å². The molecule has 6 nitrogen and oxygen atoms in total. The molecule has 0 fully saturated rings. The van der Waals surface area contributed by atoms with Crippen molar-refractivity contribution >= 4 is 51.4 Å². The summed E-state index contributed by atoms with van der Waals surface area (Å²) >= 11 is 6.02. The van der Waals surface area contributed by atoms with Crippen LogP contribution in [0.1, 0.15) is 25.5 Å². The molecule has 1 atom stereocenters. The fraction of sp³-hybridized carbons (Fsp3) is 0.562. The zero-order chi connectivity index (χ0) is 18.0. The summed E-state index contributed by atoms with van der Waals surface area (Å²) in [6, 6.07) is 7.71. The lowest BCUT2D eigenvalue weighted by atomic mass is 10.1. The van der Waals surface area contributed by atoms with Crippen molar-refractivity contribution in [1.29, 1.82) is 0 Å². The summed E-state index contributed by atoms with van der Waals surface area (Å²) in [6.07, 6.45) is 1.19. The molecular formula is C16H27ClIN3O3S. The Morgan fingerprint density at radius 3 is 2.68 bits per heavy atom. The van der Waals surface area contributed by atoms with Crippen molar-refractivity contribution in [3.8, 4) is 0 Å². The van der Waals surface area contributed by atoms with Crippen LogP contribution in [0.5, 0.6) is 0 Å². The first-order valence-corrected chi connectivity index (χ1v) is 10.3. The van der Waals surface area contributed by atoms with Gasteiger partial charge in [-0.2, -0.15) is 0 Å². The molecule has 1 aromatic rings. The van der Waals surface area contributed by atoms with Gasteiger partial charge in [-0.1, -0.05) is 23.7 Å². The molecule has 144 valence electrons. The topological polar surface area (TPSA) is 79.8 Å². The summed E-state index contributed by atoms with van der Waals surface area (Å²) in [6.45, 7) is 5.77. The molecule has 0 heterocycles. The van der Waals surface area contributed by atoms with Crippen molar-refractivity contribution in [2.75, 3.05) is 38.3 Å². The maximum atomic E-state index is 11.0. The van der Waals surface area contributed by atoms with Gasteiger partial charge in [-0.15, -0.1) is 24.0 Å². The van der Waals surface area contributed by atoms with Crippen molar-refractivity contribution < 1.29 is 13.2 Å². The van der Waals surface area contributed by atoms with Gasteiger partial charge in [0.2, 0.25) is 0 Å². The molecule has 0 aliphatic rings. The predicted octanol–water partition coefficient (Wildman–Crippen LogP) is 2.64. The average Bonchev–Trinajstić information content (AvgIpc) is 2.49. The second-order valence-corrected chi connectivity index (χ2v) is 8.12. The Hall–Kier alpha value is -0.580. The Bertz CT molecular complexity index is 641. The number of aliphatic imine (C=N–C) groups is 1. The highest BCUT2D eigenvalue weighted by atomic mass is 127. The molecule has 0 aromatic heterocycles. The van der Waals surface area contributed by atoms with Gasteiger partial charge >= 0.3 is 0 Å². The Morgan fingerprint density at radius 2 is 2.08 bits per heavy atom. The number of hydrogen-bond donors (Lipinski definition) is 2. The van der Waals surface area contributed by atoms with Gasteiger partial charge in [-0.3, -0.25) is 4.99 Å². The van der Waals surface area contributed by atoms with Gasteiger partial charge in [-0.05, 0) is 31.5 Å². The lowest BCUT2D eigenvalue weighted by molar-refractivity contribution is 0.157. The molecule has 9 heteroatoms. The monoisotopic (exact) mass is 503 g/mol. The number of sulfone groups is 1. The van der Waals surface area contributed by atoms with Crippen LogP contribution in [0, 0.1) is 0 Å². The summed E-state index contributed by atoms with van der Waals surface area (Å²) in [5, 5.41) is 7.17. The molecule has 25 heavy (non-hydrogen) atoms. The van der Waals surface area contributed by atoms with E-state index in [0.29, 0.717) is 24.1 Å². The van der Waals surface area contributed by atoms with Gasteiger partial charge in [0.15, 0.2) is 5.96 Å². The van der Waals surface area contributed by atoms with Gasteiger partial charge in [0.25, 0.3) is 0 Å². The maximum absolute atomic E-state index is 11.0. The van der Waals surface area contributed by atoms with E-state index in [9.17, 15) is 8.42 Å². The Morgan fingerprint density at radius 1 is 1.36 bits per heavy atom. The second kappa shape index (κ2) is 12.7. The third-order valence-electron chi connectivity index (χ3n) is 3.15. The van der Waals surface area contributed by atoms with E-state index < -0.39 is 9.84 Å². The minimum Gasteiger partial charge on any atom is -0.378 e. The summed E-state index contributed by atoms with van der Waals surface area (Å²) in [4.78, 5) is 4.42. The van der Waals surface area contributed by atoms with Crippen molar-refractivity contribution in [3.05, 3.63) is 34.9 Å². The number of rotatable bonds is 9. The molecule has 0 spiro atoms. The molecule has 0 amide bonds. The zero-order valence-electron chi connectivity index (χ0n) is 14.8. The summed E-state index contributed by atoms with van der Waals surface area (Å²) in [7, 11) is -2.98. The van der Waals surface area contributed by atoms with Crippen LogP contribution in [0.3, 0.4) is 0 Å². The van der Waals surface area contributed by atoms with Crippen molar-refractivity contribution in [3.63, 3.8) is 0 Å². The first-order chi connectivity index (χ1) is 11.3. The Labute approximate surface area is 172 Å². The van der Waals surface area contributed by atoms with Crippen LogP contribution in [0.4, 0.5) is 0 Å². The predicted molar refractivity (Wildman–Crippen MR) is 115 cm³/mol. The van der Waals surface area contributed by atoms with Crippen LogP contribution in [0.25, 0.3) is 0 Å². The zero-order valence-corrected chi connectivity index (χ0v) is 18.7. The van der Waals surface area contributed by atoms with Crippen molar-refractivity contribution in [2.45, 2.75) is 19.9 Å². The van der Waals surface area contributed by atoms with Gasteiger partial charge in [0, 0.05) is 17.8 Å². The molecule has 0 radical (unpaired) electrons. The lowest BCUT2D eigenvalue weighted by Crippen LogP contribution is -2.39. The molecule has 2 N–H and O–H groups in total. The molecule has 1 rings (SSSR count). The molecule has 0 bridgehead atoms. The highest BCUT2D eigenvalue weighted by Gasteiger charge is 2.08. The number of benzene rings is 1. The third kappa shape index (κ3) is 11.6. The number of nitrogens with zero attached hydrogens (tertiary/aromatic N) is 1. The summed E-state index contributed by atoms with van der Waals surface area (Å²) in [5.74, 6) is 0.706. The number of ether oxygens (including phenoxy) is 1. The maximum Gasteiger partial charge on any atom is 0.191 e. The van der Waals surface area contributed by atoms with Gasteiger partial charge in [0.05, 0.1) is 31.6 Å². The van der Waals surface area contributed by atoms with Crippen LogP contribution in [0.15, 0.2) is 29.3 Å². The van der Waals surface area contributed by atoms with E-state index in [1.165, 1.54) is 6.26 Å². The van der Waals surface area contributed by atoms with Crippen LogP contribution < -0.4 is 10.6 Å². The first kappa shape index (κ1) is 24.4. The van der Waals surface area contributed by atoms with Crippen molar-refractivity contribution in [1.82, 2.24) is 10.6 Å². The number of hydrogen-bond acceptors (Lipinski definition) is 4. The molecule has 0 aliphatic heterocycles. The Kier molecular flexibility index (Phi) is 12.4. The van der Waals surface area contributed by atoms with E-state index in [1.807, 2.05) is 38.1 Å². The van der Waals surface area contributed by atoms with Crippen LogP contribution in [-0.2, 0) is 14.6 Å². The molecule has 0 saturated heterocycles. The van der Waals surface area contributed by atoms with Gasteiger partial charge in [-0.25, -0.2) is 8.42 Å². The molecule has 1 unspecified atom stereocenters. The highest BCUT2D eigenvalue weighted by molar-refractivity contribution is 14.0. The molecular weight excluding hydrogens is 477 g/mol. The molecule has 1 aromatic carbocycles. The van der Waals surface area contributed by atoms with Crippen LogP contribution in [0.2, 0.25) is 5.02 Å². The van der Waals surface area contributed by atoms with Gasteiger partial charge < -0.3 is 15.4 Å². The quantitative estimate of drug-likeness (QED) is 0.234. The van der Waals surface area contributed by atoms with Gasteiger partial charge in [0.1, 0.15) is 9.84 Å². The minimum atomic E-state index is -2.98. The SMILES string of the molecule is CCNC(=NCCOCCS(C)(=O)=O)NC(C)c1cccc(Cl)c1.I. The lowest BCUT2D eigenvalue weighted by Gasteiger charge is -2.18. The fourth-order valence-corrected chi connectivity index (χ4v) is 2.54. The number of nitrogens with one attached hydrogen (secondary N) is 2. The standard InChI is InChI=1S/C16H26ClN3O3S.HI/c1-4-18-16(19-8-9-23-10-11-24(3,21)22)20-13(2)14-6-5-7-15(17)12-14;/h5-7,12-13H,4,8-11H2,1-3H3,(H2,18,19,20);1H. The average molecular weight is 504 g/mol. The molecule has 0 aliphatic carbocycles. The van der Waals surface area contributed by atoms with Crippen LogP contribution >= 0.6 is 35.6 Å². The molecule has 0 saturated carbocycles. The third-order valence-corrected chi connectivity index (χ3v) is 4.29. The largest absolute Gasteiger partial charge is 0.378 e. The first-order valence-electron chi connectivity index (χ1n) is 7.87. The number of halogens is 2. The normalized spacial score (nSPS) is 13.0. The van der Waals surface area contributed by atoms with E-state index in [2.05, 4.69) is 15.6 Å². The highest BCUT2D eigenvalue weighted by Crippen LogP contribution is 2.17. The van der Waals surface area contributed by atoms with Crippen molar-refractivity contribution in [2.24, 2.45) is 4.99 Å². The summed E-state index contributed by atoms with van der Waals surface area (Å²) < 4.78 is 27.3. The Balaban J connectivity index is 0.00000576. The van der Waals surface area contributed by atoms with E-state index in [-0.39, 0.29) is 42.4 Å². The van der Waals surface area contributed by atoms with E-state index >= 15 is 0 Å². The minimum absolute atomic E-state index is 0. The smallest absolute Gasteiger partial charge is 0.191 e. The van der Waals surface area contributed by atoms with E-state index in [4.69, 9.17) is 16.3 Å².